The first-order chi connectivity index (χ1) is 6.86. The Hall–Kier alpha value is -0.630. The predicted octanol–water partition coefficient (Wildman–Crippen LogP) is 0.420. The van der Waals surface area contributed by atoms with Crippen LogP contribution >= 0.6 is 0 Å². The van der Waals surface area contributed by atoms with E-state index in [1.165, 1.54) is 0 Å². The minimum Gasteiger partial charge on any atom is -0.394 e. The lowest BCUT2D eigenvalue weighted by atomic mass is 9.98. The van der Waals surface area contributed by atoms with Gasteiger partial charge in [0.05, 0.1) is 25.4 Å². The van der Waals surface area contributed by atoms with E-state index in [4.69, 9.17) is 15.1 Å². The molecule has 2 unspecified atom stereocenters. The van der Waals surface area contributed by atoms with Crippen LogP contribution in [0, 0.1) is 11.3 Å². The van der Waals surface area contributed by atoms with Gasteiger partial charge in [-0.05, 0) is 25.8 Å². The lowest BCUT2D eigenvalue weighted by Gasteiger charge is -2.29. The fourth-order valence-corrected chi connectivity index (χ4v) is 1.80. The van der Waals surface area contributed by atoms with E-state index in [9.17, 15) is 0 Å². The van der Waals surface area contributed by atoms with E-state index in [1.54, 1.807) is 0 Å². The van der Waals surface area contributed by atoms with Crippen LogP contribution in [0.1, 0.15) is 25.7 Å². The Morgan fingerprint density at radius 3 is 3.14 bits per heavy atom. The second kappa shape index (κ2) is 6.77. The highest BCUT2D eigenvalue weighted by molar-refractivity contribution is 4.82. The van der Waals surface area contributed by atoms with Crippen molar-refractivity contribution < 1.29 is 9.84 Å². The van der Waals surface area contributed by atoms with Gasteiger partial charge in [-0.1, -0.05) is 0 Å². The van der Waals surface area contributed by atoms with Gasteiger partial charge < -0.3 is 15.2 Å². The van der Waals surface area contributed by atoms with Gasteiger partial charge in [-0.15, -0.1) is 0 Å². The first-order valence-corrected chi connectivity index (χ1v) is 5.19. The van der Waals surface area contributed by atoms with Gasteiger partial charge in [0, 0.05) is 12.5 Å². The third kappa shape index (κ3) is 4.05. The number of nitriles is 1. The Labute approximate surface area is 84.9 Å². The summed E-state index contributed by atoms with van der Waals surface area (Å²) in [7, 11) is 0. The Balaban J connectivity index is 2.18. The Kier molecular flexibility index (Phi) is 5.53. The average molecular weight is 198 g/mol. The van der Waals surface area contributed by atoms with Crippen LogP contribution in [-0.2, 0) is 4.74 Å². The average Bonchev–Trinajstić information content (AvgIpc) is 2.24. The molecule has 0 radical (unpaired) electrons. The van der Waals surface area contributed by atoms with E-state index in [1.807, 2.05) is 0 Å². The highest BCUT2D eigenvalue weighted by atomic mass is 16.5. The molecule has 1 fully saturated rings. The van der Waals surface area contributed by atoms with E-state index >= 15 is 0 Å². The second-order valence-electron chi connectivity index (χ2n) is 3.59. The number of rotatable bonds is 5. The number of hydrogen-bond donors (Lipinski definition) is 2. The van der Waals surface area contributed by atoms with Crippen LogP contribution in [0.4, 0.5) is 0 Å². The summed E-state index contributed by atoms with van der Waals surface area (Å²) < 4.78 is 5.47. The fourth-order valence-electron chi connectivity index (χ4n) is 1.80. The van der Waals surface area contributed by atoms with Gasteiger partial charge in [0.15, 0.2) is 0 Å². The van der Waals surface area contributed by atoms with Gasteiger partial charge in [0.2, 0.25) is 0 Å². The molecule has 1 aliphatic heterocycles. The van der Waals surface area contributed by atoms with Gasteiger partial charge in [-0.2, -0.15) is 5.26 Å². The van der Waals surface area contributed by atoms with Crippen LogP contribution in [0.5, 0.6) is 0 Å². The Bertz CT molecular complexity index is 191. The molecule has 0 amide bonds. The molecule has 0 spiro atoms. The zero-order valence-electron chi connectivity index (χ0n) is 8.41. The maximum Gasteiger partial charge on any atom is 0.0701 e. The van der Waals surface area contributed by atoms with Crippen molar-refractivity contribution in [3.63, 3.8) is 0 Å². The molecule has 14 heavy (non-hydrogen) atoms. The molecule has 4 heteroatoms. The maximum absolute atomic E-state index is 8.62. The topological polar surface area (TPSA) is 65.3 Å². The third-order valence-corrected chi connectivity index (χ3v) is 2.50. The van der Waals surface area contributed by atoms with Gasteiger partial charge in [-0.25, -0.2) is 0 Å². The standard InChI is InChI=1S/C10H18N2O2/c11-4-1-2-9-8-10(3-5-12-9)14-7-6-13/h9-10,12-13H,1-3,5-8H2. The normalized spacial score (nSPS) is 27.1. The predicted molar refractivity (Wildman–Crippen MR) is 52.7 cm³/mol. The van der Waals surface area contributed by atoms with E-state index in [0.29, 0.717) is 19.1 Å². The van der Waals surface area contributed by atoms with E-state index in [2.05, 4.69) is 11.4 Å². The number of nitrogens with zero attached hydrogens (tertiary/aromatic N) is 1. The first-order valence-electron chi connectivity index (χ1n) is 5.19. The minimum atomic E-state index is 0.0901. The maximum atomic E-state index is 8.62. The second-order valence-corrected chi connectivity index (χ2v) is 3.59. The number of nitrogens with one attached hydrogen (secondary N) is 1. The molecule has 1 saturated heterocycles. The number of ether oxygens (including phenoxy) is 1. The molecule has 0 aliphatic carbocycles. The van der Waals surface area contributed by atoms with Crippen molar-refractivity contribution in [1.82, 2.24) is 5.32 Å². The first kappa shape index (κ1) is 11.4. The SMILES string of the molecule is N#CCCC1CC(OCCO)CCN1. The summed E-state index contributed by atoms with van der Waals surface area (Å²) in [6.45, 7) is 1.47. The number of aliphatic hydroxyl groups excluding tert-OH is 1. The monoisotopic (exact) mass is 198 g/mol. The van der Waals surface area contributed by atoms with E-state index in [0.717, 1.165) is 25.8 Å². The van der Waals surface area contributed by atoms with Crippen LogP contribution in [-0.4, -0.2) is 37.0 Å². The Morgan fingerprint density at radius 2 is 2.43 bits per heavy atom. The van der Waals surface area contributed by atoms with E-state index in [-0.39, 0.29) is 12.7 Å². The van der Waals surface area contributed by atoms with Crippen LogP contribution < -0.4 is 5.32 Å². The van der Waals surface area contributed by atoms with Crippen molar-refractivity contribution >= 4 is 0 Å². The highest BCUT2D eigenvalue weighted by Gasteiger charge is 2.21. The fraction of sp³-hybridized carbons (Fsp3) is 0.900. The zero-order chi connectivity index (χ0) is 10.2. The number of aliphatic hydroxyl groups is 1. The number of piperidine rings is 1. The van der Waals surface area contributed by atoms with Crippen molar-refractivity contribution in [3.05, 3.63) is 0 Å². The summed E-state index contributed by atoms with van der Waals surface area (Å²) >= 11 is 0. The van der Waals surface area contributed by atoms with Crippen molar-refractivity contribution in [2.75, 3.05) is 19.8 Å². The molecule has 0 aromatic carbocycles. The lowest BCUT2D eigenvalue weighted by Crippen LogP contribution is -2.41. The third-order valence-electron chi connectivity index (χ3n) is 2.50. The summed E-state index contributed by atoms with van der Waals surface area (Å²) in [6.07, 6.45) is 3.72. The van der Waals surface area contributed by atoms with Crippen LogP contribution in [0.25, 0.3) is 0 Å². The van der Waals surface area contributed by atoms with Gasteiger partial charge in [-0.3, -0.25) is 0 Å². The molecule has 0 aromatic rings. The zero-order valence-corrected chi connectivity index (χ0v) is 8.41. The smallest absolute Gasteiger partial charge is 0.0701 e. The highest BCUT2D eigenvalue weighted by Crippen LogP contribution is 2.15. The summed E-state index contributed by atoms with van der Waals surface area (Å²) in [5.41, 5.74) is 0. The lowest BCUT2D eigenvalue weighted by molar-refractivity contribution is 0.00312. The largest absolute Gasteiger partial charge is 0.394 e. The van der Waals surface area contributed by atoms with Crippen molar-refractivity contribution in [1.29, 1.82) is 5.26 Å². The minimum absolute atomic E-state index is 0.0901. The van der Waals surface area contributed by atoms with Crippen LogP contribution in [0.2, 0.25) is 0 Å². The molecule has 1 heterocycles. The van der Waals surface area contributed by atoms with E-state index < -0.39 is 0 Å². The molecule has 1 rings (SSSR count). The van der Waals surface area contributed by atoms with Crippen LogP contribution in [0.15, 0.2) is 0 Å². The molecule has 0 aromatic heterocycles. The summed E-state index contributed by atoms with van der Waals surface area (Å²) in [6, 6.07) is 2.56. The number of hydrogen-bond acceptors (Lipinski definition) is 4. The van der Waals surface area contributed by atoms with Crippen LogP contribution in [0.3, 0.4) is 0 Å². The molecule has 2 N–H and O–H groups in total. The van der Waals surface area contributed by atoms with Crippen molar-refractivity contribution in [3.8, 4) is 6.07 Å². The Morgan fingerprint density at radius 1 is 1.57 bits per heavy atom. The molecule has 0 bridgehead atoms. The van der Waals surface area contributed by atoms with Crippen molar-refractivity contribution in [2.24, 2.45) is 0 Å². The molecule has 4 nitrogen and oxygen atoms in total. The summed E-state index contributed by atoms with van der Waals surface area (Å²) in [4.78, 5) is 0. The molecular weight excluding hydrogens is 180 g/mol. The molecular formula is C10H18N2O2. The van der Waals surface area contributed by atoms with Crippen molar-refractivity contribution in [2.45, 2.75) is 37.8 Å². The van der Waals surface area contributed by atoms with Gasteiger partial charge >= 0.3 is 0 Å². The molecule has 1 aliphatic rings. The quantitative estimate of drug-likeness (QED) is 0.672. The summed E-state index contributed by atoms with van der Waals surface area (Å²) in [5, 5.41) is 20.4. The molecule has 80 valence electrons. The van der Waals surface area contributed by atoms with Gasteiger partial charge in [0.25, 0.3) is 0 Å². The summed E-state index contributed by atoms with van der Waals surface area (Å²) in [5.74, 6) is 0. The molecule has 2 atom stereocenters. The molecule has 0 saturated carbocycles. The van der Waals surface area contributed by atoms with Gasteiger partial charge in [0.1, 0.15) is 0 Å².